The molecule has 2 aromatic rings. The number of methoxy groups -OCH3 is 1. The quantitative estimate of drug-likeness (QED) is 0.792. The number of benzene rings is 1. The Morgan fingerprint density at radius 1 is 1.25 bits per heavy atom. The van der Waals surface area contributed by atoms with Crippen LogP contribution in [-0.2, 0) is 9.47 Å². The van der Waals surface area contributed by atoms with Gasteiger partial charge in [-0.2, -0.15) is 0 Å². The van der Waals surface area contributed by atoms with E-state index < -0.39 is 5.97 Å². The minimum absolute atomic E-state index is 0.0350. The molecule has 2 atom stereocenters. The zero-order valence-electron chi connectivity index (χ0n) is 13.7. The van der Waals surface area contributed by atoms with Crippen molar-refractivity contribution in [1.82, 2.24) is 14.8 Å². The molecule has 24 heavy (non-hydrogen) atoms. The number of aromatic nitrogens is 3. The molecule has 0 saturated heterocycles. The number of aryl methyl sites for hydroxylation is 1. The number of carbonyl (C=O) groups excluding carboxylic acids is 1. The second-order valence-electron chi connectivity index (χ2n) is 5.85. The van der Waals surface area contributed by atoms with E-state index >= 15 is 0 Å². The molecule has 3 rings (SSSR count). The molecule has 0 N–H and O–H groups in total. The summed E-state index contributed by atoms with van der Waals surface area (Å²) in [6.45, 7) is 1.77. The van der Waals surface area contributed by atoms with E-state index in [1.54, 1.807) is 24.8 Å². The Labute approximate surface area is 145 Å². The van der Waals surface area contributed by atoms with Gasteiger partial charge in [-0.05, 0) is 38.3 Å². The molecule has 1 aliphatic rings. The predicted octanol–water partition coefficient (Wildman–Crippen LogP) is 3.34. The van der Waals surface area contributed by atoms with E-state index in [0.29, 0.717) is 16.5 Å². The van der Waals surface area contributed by atoms with Crippen molar-refractivity contribution in [2.45, 2.75) is 44.8 Å². The summed E-state index contributed by atoms with van der Waals surface area (Å²) >= 11 is 6.19. The summed E-state index contributed by atoms with van der Waals surface area (Å²) in [5, 5.41) is 4.80. The maximum absolute atomic E-state index is 12.4. The van der Waals surface area contributed by atoms with E-state index in [1.165, 1.54) is 0 Å². The van der Waals surface area contributed by atoms with E-state index in [0.717, 1.165) is 25.7 Å². The van der Waals surface area contributed by atoms with E-state index in [1.807, 2.05) is 18.2 Å². The first-order valence-electron chi connectivity index (χ1n) is 8.02. The zero-order chi connectivity index (χ0) is 17.1. The summed E-state index contributed by atoms with van der Waals surface area (Å²) in [7, 11) is 1.64. The monoisotopic (exact) mass is 349 g/mol. The molecule has 0 unspecified atom stereocenters. The van der Waals surface area contributed by atoms with Crippen LogP contribution >= 0.6 is 11.6 Å². The van der Waals surface area contributed by atoms with E-state index in [9.17, 15) is 4.79 Å². The Morgan fingerprint density at radius 3 is 2.67 bits per heavy atom. The van der Waals surface area contributed by atoms with Gasteiger partial charge in [0.2, 0.25) is 0 Å². The van der Waals surface area contributed by atoms with Crippen LogP contribution in [0, 0.1) is 6.92 Å². The van der Waals surface area contributed by atoms with Crippen LogP contribution in [0.1, 0.15) is 42.1 Å². The molecule has 128 valence electrons. The molecule has 1 aromatic carbocycles. The number of rotatable bonds is 4. The van der Waals surface area contributed by atoms with Gasteiger partial charge in [-0.1, -0.05) is 30.2 Å². The first kappa shape index (κ1) is 16.9. The molecule has 0 spiro atoms. The summed E-state index contributed by atoms with van der Waals surface area (Å²) in [6, 6.07) is 7.27. The normalized spacial score (nSPS) is 20.8. The molecule has 0 amide bonds. The van der Waals surface area contributed by atoms with Crippen LogP contribution < -0.4 is 0 Å². The molecule has 1 fully saturated rings. The van der Waals surface area contributed by atoms with Gasteiger partial charge < -0.3 is 9.47 Å². The number of nitrogens with zero attached hydrogens (tertiary/aromatic N) is 3. The number of carbonyl (C=O) groups is 1. The van der Waals surface area contributed by atoms with Gasteiger partial charge in [0.25, 0.3) is 5.82 Å². The average Bonchev–Trinajstić information content (AvgIpc) is 2.97. The second kappa shape index (κ2) is 7.32. The Balaban J connectivity index is 1.79. The summed E-state index contributed by atoms with van der Waals surface area (Å²) in [6.07, 6.45) is 3.51. The highest BCUT2D eigenvalue weighted by Crippen LogP contribution is 2.24. The van der Waals surface area contributed by atoms with E-state index in [-0.39, 0.29) is 18.0 Å². The van der Waals surface area contributed by atoms with Crippen molar-refractivity contribution in [2.24, 2.45) is 0 Å². The van der Waals surface area contributed by atoms with E-state index in [2.05, 4.69) is 10.1 Å². The Kier molecular flexibility index (Phi) is 5.16. The summed E-state index contributed by atoms with van der Waals surface area (Å²) in [5.41, 5.74) is 0.677. The first-order chi connectivity index (χ1) is 11.6. The van der Waals surface area contributed by atoms with Gasteiger partial charge in [0.05, 0.1) is 16.8 Å². The highest BCUT2D eigenvalue weighted by molar-refractivity contribution is 6.32. The maximum Gasteiger partial charge on any atom is 0.378 e. The van der Waals surface area contributed by atoms with Crippen molar-refractivity contribution in [3.63, 3.8) is 0 Å². The zero-order valence-corrected chi connectivity index (χ0v) is 14.5. The molecular weight excluding hydrogens is 330 g/mol. The van der Waals surface area contributed by atoms with Crippen molar-refractivity contribution in [2.75, 3.05) is 7.11 Å². The lowest BCUT2D eigenvalue weighted by Crippen LogP contribution is -2.35. The van der Waals surface area contributed by atoms with Gasteiger partial charge in [0, 0.05) is 7.11 Å². The third-order valence-corrected chi connectivity index (χ3v) is 4.55. The molecule has 0 aliphatic heterocycles. The van der Waals surface area contributed by atoms with Crippen LogP contribution in [0.25, 0.3) is 5.69 Å². The molecule has 1 aromatic heterocycles. The van der Waals surface area contributed by atoms with Crippen molar-refractivity contribution >= 4 is 17.6 Å². The predicted molar refractivity (Wildman–Crippen MR) is 89.6 cm³/mol. The van der Waals surface area contributed by atoms with Crippen LogP contribution in [0.15, 0.2) is 24.3 Å². The van der Waals surface area contributed by atoms with Crippen LogP contribution in [-0.4, -0.2) is 40.1 Å². The van der Waals surface area contributed by atoms with Crippen molar-refractivity contribution < 1.29 is 14.3 Å². The number of ether oxygens (including phenoxy) is 2. The number of para-hydroxylation sites is 1. The minimum Gasteiger partial charge on any atom is -0.454 e. The standard InChI is InChI=1S/C17H20ClN3O3/c1-11-19-16(20-21(11)13-8-4-3-7-12(13)18)17(22)24-15-10-6-5-9-14(15)23-2/h3-4,7-8,14-15H,5-6,9-10H2,1-2H3/t14-,15-/m1/s1. The van der Waals surface area contributed by atoms with Gasteiger partial charge in [-0.25, -0.2) is 14.5 Å². The molecule has 1 heterocycles. The highest BCUT2D eigenvalue weighted by atomic mass is 35.5. The fourth-order valence-electron chi connectivity index (χ4n) is 2.99. The highest BCUT2D eigenvalue weighted by Gasteiger charge is 2.30. The average molecular weight is 350 g/mol. The third kappa shape index (κ3) is 3.44. The molecular formula is C17H20ClN3O3. The number of hydrogen-bond acceptors (Lipinski definition) is 5. The number of halogens is 1. The summed E-state index contributed by atoms with van der Waals surface area (Å²) in [4.78, 5) is 16.6. The SMILES string of the molecule is CO[C@@H]1CCCC[C@H]1OC(=O)c1nc(C)n(-c2ccccc2Cl)n1. The molecule has 0 radical (unpaired) electrons. The first-order valence-corrected chi connectivity index (χ1v) is 8.40. The molecule has 0 bridgehead atoms. The molecule has 6 nitrogen and oxygen atoms in total. The lowest BCUT2D eigenvalue weighted by atomic mass is 9.94. The Hall–Kier alpha value is -1.92. The summed E-state index contributed by atoms with van der Waals surface area (Å²) in [5.74, 6) is 0.0766. The number of hydrogen-bond donors (Lipinski definition) is 0. The van der Waals surface area contributed by atoms with Gasteiger partial charge in [0.1, 0.15) is 11.9 Å². The van der Waals surface area contributed by atoms with Crippen molar-refractivity contribution in [3.8, 4) is 5.69 Å². The van der Waals surface area contributed by atoms with Crippen molar-refractivity contribution in [1.29, 1.82) is 0 Å². The van der Waals surface area contributed by atoms with Crippen LogP contribution in [0.5, 0.6) is 0 Å². The smallest absolute Gasteiger partial charge is 0.378 e. The van der Waals surface area contributed by atoms with E-state index in [4.69, 9.17) is 21.1 Å². The van der Waals surface area contributed by atoms with Crippen LogP contribution in [0.3, 0.4) is 0 Å². The third-order valence-electron chi connectivity index (χ3n) is 4.24. The summed E-state index contributed by atoms with van der Waals surface area (Å²) < 4.78 is 12.5. The van der Waals surface area contributed by atoms with Crippen LogP contribution in [0.2, 0.25) is 5.02 Å². The van der Waals surface area contributed by atoms with Crippen molar-refractivity contribution in [3.05, 3.63) is 40.9 Å². The lowest BCUT2D eigenvalue weighted by Gasteiger charge is -2.29. The lowest BCUT2D eigenvalue weighted by molar-refractivity contribution is -0.0545. The topological polar surface area (TPSA) is 66.2 Å². The largest absolute Gasteiger partial charge is 0.454 e. The Morgan fingerprint density at radius 2 is 1.96 bits per heavy atom. The fraction of sp³-hybridized carbons (Fsp3) is 0.471. The fourth-order valence-corrected chi connectivity index (χ4v) is 3.20. The van der Waals surface area contributed by atoms with Gasteiger partial charge in [0.15, 0.2) is 0 Å². The minimum atomic E-state index is -0.530. The second-order valence-corrected chi connectivity index (χ2v) is 6.26. The number of esters is 1. The maximum atomic E-state index is 12.4. The molecule has 1 aliphatic carbocycles. The Bertz CT molecular complexity index is 732. The van der Waals surface area contributed by atoms with Gasteiger partial charge in [-0.15, -0.1) is 5.10 Å². The van der Waals surface area contributed by atoms with Gasteiger partial charge in [-0.3, -0.25) is 0 Å². The van der Waals surface area contributed by atoms with Crippen LogP contribution in [0.4, 0.5) is 0 Å². The molecule has 1 saturated carbocycles. The molecule has 7 heteroatoms. The van der Waals surface area contributed by atoms with Gasteiger partial charge >= 0.3 is 5.97 Å².